The molecule has 8 heteroatoms. The quantitative estimate of drug-likeness (QED) is 0.615. The van der Waals surface area contributed by atoms with E-state index in [0.717, 1.165) is 21.5 Å². The first-order valence-electron chi connectivity index (χ1n) is 7.54. The Morgan fingerprint density at radius 1 is 1.08 bits per heavy atom. The van der Waals surface area contributed by atoms with Crippen LogP contribution in [0.5, 0.6) is 11.5 Å². The van der Waals surface area contributed by atoms with E-state index in [1.165, 1.54) is 11.3 Å². The van der Waals surface area contributed by atoms with E-state index >= 15 is 0 Å². The minimum absolute atomic E-state index is 0.186. The van der Waals surface area contributed by atoms with Gasteiger partial charge in [-0.3, -0.25) is 10.1 Å². The van der Waals surface area contributed by atoms with Gasteiger partial charge in [-0.25, -0.2) is 0 Å². The van der Waals surface area contributed by atoms with E-state index in [1.807, 2.05) is 12.1 Å². The van der Waals surface area contributed by atoms with Gasteiger partial charge in [0, 0.05) is 15.8 Å². The summed E-state index contributed by atoms with van der Waals surface area (Å²) < 4.78 is 11.2. The molecular formula is C18H15ClN2O3S2. The molecule has 0 saturated carbocycles. The Kier molecular flexibility index (Phi) is 5.61. The number of hydrogen-bond acceptors (Lipinski definition) is 5. The third-order valence-electron chi connectivity index (χ3n) is 3.62. The van der Waals surface area contributed by atoms with Crippen LogP contribution in [0.25, 0.3) is 10.1 Å². The van der Waals surface area contributed by atoms with Gasteiger partial charge in [0.25, 0.3) is 5.91 Å². The van der Waals surface area contributed by atoms with Crippen LogP contribution < -0.4 is 20.1 Å². The van der Waals surface area contributed by atoms with Crippen LogP contribution >= 0.6 is 35.2 Å². The number of ether oxygens (including phenoxy) is 2. The first-order valence-corrected chi connectivity index (χ1v) is 9.14. The number of carbonyl (C=O) groups excluding carboxylic acids is 1. The van der Waals surface area contributed by atoms with E-state index in [4.69, 9.17) is 33.3 Å². The molecule has 0 radical (unpaired) electrons. The summed E-state index contributed by atoms with van der Waals surface area (Å²) >= 11 is 12.8. The lowest BCUT2D eigenvalue weighted by molar-refractivity contribution is 0.0982. The Bertz CT molecular complexity index is 970. The van der Waals surface area contributed by atoms with Crippen molar-refractivity contribution in [1.82, 2.24) is 5.32 Å². The number of anilines is 1. The van der Waals surface area contributed by atoms with Crippen molar-refractivity contribution in [2.45, 2.75) is 0 Å². The van der Waals surface area contributed by atoms with Crippen LogP contribution in [0, 0.1) is 0 Å². The monoisotopic (exact) mass is 406 g/mol. The zero-order valence-electron chi connectivity index (χ0n) is 14.0. The molecule has 0 fully saturated rings. The smallest absolute Gasteiger partial charge is 0.269 e. The summed E-state index contributed by atoms with van der Waals surface area (Å²) in [6.07, 6.45) is 0. The number of rotatable bonds is 4. The van der Waals surface area contributed by atoms with E-state index in [0.29, 0.717) is 15.6 Å². The predicted molar refractivity (Wildman–Crippen MR) is 110 cm³/mol. The fourth-order valence-corrected chi connectivity index (χ4v) is 3.97. The van der Waals surface area contributed by atoms with Gasteiger partial charge in [-0.15, -0.1) is 11.3 Å². The molecule has 26 heavy (non-hydrogen) atoms. The highest BCUT2D eigenvalue weighted by molar-refractivity contribution is 7.80. The summed E-state index contributed by atoms with van der Waals surface area (Å²) in [6.45, 7) is 0. The highest BCUT2D eigenvalue weighted by atomic mass is 35.5. The number of thiophene rings is 1. The first kappa shape index (κ1) is 18.4. The van der Waals surface area contributed by atoms with Crippen LogP contribution in [0.2, 0.25) is 5.02 Å². The number of methoxy groups -OCH3 is 2. The Balaban J connectivity index is 1.73. The van der Waals surface area contributed by atoms with Crippen molar-refractivity contribution >= 4 is 61.9 Å². The van der Waals surface area contributed by atoms with Gasteiger partial charge in [0.15, 0.2) is 5.11 Å². The molecular weight excluding hydrogens is 392 g/mol. The molecule has 3 aromatic rings. The Labute approximate surface area is 164 Å². The van der Waals surface area contributed by atoms with Crippen molar-refractivity contribution in [3.63, 3.8) is 0 Å². The van der Waals surface area contributed by atoms with E-state index in [9.17, 15) is 4.79 Å². The summed E-state index contributed by atoms with van der Waals surface area (Å²) in [5, 5.41) is 6.99. The Morgan fingerprint density at radius 3 is 2.38 bits per heavy atom. The van der Waals surface area contributed by atoms with Crippen LogP contribution in [-0.4, -0.2) is 25.2 Å². The molecule has 0 aliphatic carbocycles. The van der Waals surface area contributed by atoms with Gasteiger partial charge in [0.1, 0.15) is 16.4 Å². The average Bonchev–Trinajstić information content (AvgIpc) is 2.98. The van der Waals surface area contributed by atoms with Gasteiger partial charge in [0.2, 0.25) is 0 Å². The SMILES string of the molecule is COc1ccc(NC(=S)NC(=O)c2sc3cc(OC)ccc3c2Cl)cc1. The minimum Gasteiger partial charge on any atom is -0.497 e. The Morgan fingerprint density at radius 2 is 1.73 bits per heavy atom. The van der Waals surface area contributed by atoms with Gasteiger partial charge in [-0.2, -0.15) is 0 Å². The topological polar surface area (TPSA) is 59.6 Å². The lowest BCUT2D eigenvalue weighted by Crippen LogP contribution is -2.33. The summed E-state index contributed by atoms with van der Waals surface area (Å²) in [7, 11) is 3.19. The molecule has 3 rings (SSSR count). The zero-order chi connectivity index (χ0) is 18.7. The number of halogens is 1. The number of amides is 1. The molecule has 2 N–H and O–H groups in total. The van der Waals surface area contributed by atoms with E-state index < -0.39 is 0 Å². The second-order valence-corrected chi connectivity index (χ2v) is 7.08. The van der Waals surface area contributed by atoms with Gasteiger partial charge in [0.05, 0.1) is 19.2 Å². The normalized spacial score (nSPS) is 10.4. The molecule has 0 aliphatic heterocycles. The molecule has 1 aromatic heterocycles. The lowest BCUT2D eigenvalue weighted by Gasteiger charge is -2.09. The molecule has 134 valence electrons. The van der Waals surface area contributed by atoms with Crippen molar-refractivity contribution in [3.8, 4) is 11.5 Å². The molecule has 0 aliphatic rings. The fraction of sp³-hybridized carbons (Fsp3) is 0.111. The summed E-state index contributed by atoms with van der Waals surface area (Å²) in [5.74, 6) is 1.08. The summed E-state index contributed by atoms with van der Waals surface area (Å²) in [6, 6.07) is 12.7. The second kappa shape index (κ2) is 7.90. The van der Waals surface area contributed by atoms with Crippen molar-refractivity contribution in [2.24, 2.45) is 0 Å². The maximum Gasteiger partial charge on any atom is 0.269 e. The number of hydrogen-bond donors (Lipinski definition) is 2. The highest BCUT2D eigenvalue weighted by Gasteiger charge is 2.18. The van der Waals surface area contributed by atoms with Crippen LogP contribution in [0.1, 0.15) is 9.67 Å². The van der Waals surface area contributed by atoms with Gasteiger partial charge >= 0.3 is 0 Å². The molecule has 1 heterocycles. The maximum absolute atomic E-state index is 12.5. The van der Waals surface area contributed by atoms with E-state index in [1.54, 1.807) is 44.6 Å². The van der Waals surface area contributed by atoms with Crippen molar-refractivity contribution in [3.05, 3.63) is 52.4 Å². The average molecular weight is 407 g/mol. The van der Waals surface area contributed by atoms with Crippen LogP contribution in [0.15, 0.2) is 42.5 Å². The van der Waals surface area contributed by atoms with Gasteiger partial charge in [-0.1, -0.05) is 11.6 Å². The Hall–Kier alpha value is -2.35. The molecule has 5 nitrogen and oxygen atoms in total. The number of nitrogens with one attached hydrogen (secondary N) is 2. The van der Waals surface area contributed by atoms with Crippen LogP contribution in [0.3, 0.4) is 0 Å². The van der Waals surface area contributed by atoms with E-state index in [-0.39, 0.29) is 11.0 Å². The largest absolute Gasteiger partial charge is 0.497 e. The summed E-state index contributed by atoms with van der Waals surface area (Å²) in [4.78, 5) is 12.9. The molecule has 0 atom stereocenters. The third kappa shape index (κ3) is 3.90. The molecule has 0 spiro atoms. The number of benzene rings is 2. The van der Waals surface area contributed by atoms with Gasteiger partial charge in [-0.05, 0) is 54.7 Å². The molecule has 0 unspecified atom stereocenters. The lowest BCUT2D eigenvalue weighted by atomic mass is 10.2. The minimum atomic E-state index is -0.360. The predicted octanol–water partition coefficient (Wildman–Crippen LogP) is 4.70. The standard InChI is InChI=1S/C18H15ClN2O3S2/c1-23-11-5-3-10(4-6-11)20-18(25)21-17(22)16-15(19)13-8-7-12(24-2)9-14(13)26-16/h3-9H,1-2H3,(H2,20,21,22,25). The second-order valence-electron chi connectivity index (χ2n) is 5.24. The van der Waals surface area contributed by atoms with Crippen LogP contribution in [0.4, 0.5) is 5.69 Å². The van der Waals surface area contributed by atoms with Crippen molar-refractivity contribution in [1.29, 1.82) is 0 Å². The molecule has 1 amide bonds. The highest BCUT2D eigenvalue weighted by Crippen LogP contribution is 2.37. The summed E-state index contributed by atoms with van der Waals surface area (Å²) in [5.41, 5.74) is 0.739. The number of thiocarbonyl (C=S) groups is 1. The van der Waals surface area contributed by atoms with E-state index in [2.05, 4.69) is 10.6 Å². The van der Waals surface area contributed by atoms with Gasteiger partial charge < -0.3 is 14.8 Å². The zero-order valence-corrected chi connectivity index (χ0v) is 16.3. The fourth-order valence-electron chi connectivity index (χ4n) is 2.32. The first-order chi connectivity index (χ1) is 12.5. The maximum atomic E-state index is 12.5. The van der Waals surface area contributed by atoms with Crippen molar-refractivity contribution in [2.75, 3.05) is 19.5 Å². The van der Waals surface area contributed by atoms with Crippen molar-refractivity contribution < 1.29 is 14.3 Å². The molecule has 0 saturated heterocycles. The number of fused-ring (bicyclic) bond motifs is 1. The molecule has 2 aromatic carbocycles. The number of carbonyl (C=O) groups is 1. The third-order valence-corrected chi connectivity index (χ3v) is 5.48. The van der Waals surface area contributed by atoms with Crippen LogP contribution in [-0.2, 0) is 0 Å². The molecule has 0 bridgehead atoms.